The van der Waals surface area contributed by atoms with E-state index >= 15 is 0 Å². The molecule has 0 saturated carbocycles. The van der Waals surface area contributed by atoms with E-state index in [4.69, 9.17) is 0 Å². The van der Waals surface area contributed by atoms with Crippen molar-refractivity contribution < 1.29 is 4.79 Å². The van der Waals surface area contributed by atoms with Crippen molar-refractivity contribution in [2.45, 2.75) is 19.8 Å². The lowest BCUT2D eigenvalue weighted by atomic mass is 10.2. The van der Waals surface area contributed by atoms with Gasteiger partial charge in [0.05, 0.1) is 0 Å². The van der Waals surface area contributed by atoms with E-state index in [1.54, 1.807) is 17.0 Å². The van der Waals surface area contributed by atoms with Crippen molar-refractivity contribution in [2.75, 3.05) is 0 Å². The predicted octanol–water partition coefficient (Wildman–Crippen LogP) is 1.40. The first-order valence-electron chi connectivity index (χ1n) is 3.76. The van der Waals surface area contributed by atoms with Gasteiger partial charge in [-0.2, -0.15) is 0 Å². The van der Waals surface area contributed by atoms with Gasteiger partial charge in [-0.25, -0.2) is 4.98 Å². The first kappa shape index (κ1) is 7.98. The molecule has 0 aromatic carbocycles. The molecule has 1 aromatic heterocycles. The van der Waals surface area contributed by atoms with Gasteiger partial charge in [-0.3, -0.25) is 4.79 Å². The number of hydrogen-bond donors (Lipinski definition) is 0. The van der Waals surface area contributed by atoms with Crippen molar-refractivity contribution in [1.82, 2.24) is 9.55 Å². The highest BCUT2D eigenvalue weighted by molar-refractivity contribution is 5.92. The van der Waals surface area contributed by atoms with Crippen LogP contribution >= 0.6 is 0 Å². The molecule has 0 saturated heterocycles. The summed E-state index contributed by atoms with van der Waals surface area (Å²) >= 11 is 0. The Morgan fingerprint density at radius 1 is 1.73 bits per heavy atom. The van der Waals surface area contributed by atoms with Crippen LogP contribution in [0.25, 0.3) is 0 Å². The van der Waals surface area contributed by atoms with Gasteiger partial charge in [0, 0.05) is 25.9 Å². The highest BCUT2D eigenvalue weighted by atomic mass is 16.1. The van der Waals surface area contributed by atoms with E-state index in [0.717, 1.165) is 6.42 Å². The Hall–Kier alpha value is -1.12. The van der Waals surface area contributed by atoms with E-state index in [0.29, 0.717) is 12.2 Å². The molecule has 60 valence electrons. The molecule has 0 unspecified atom stereocenters. The summed E-state index contributed by atoms with van der Waals surface area (Å²) in [5.41, 5.74) is 0. The summed E-state index contributed by atoms with van der Waals surface area (Å²) < 4.78 is 1.75. The number of ketones is 1. The Labute approximate surface area is 66.1 Å². The number of Topliss-reactive ketones (excluding diaryl/α,β-unsaturated/α-hetero) is 1. The van der Waals surface area contributed by atoms with E-state index in [1.165, 1.54) is 0 Å². The first-order chi connectivity index (χ1) is 5.25. The smallest absolute Gasteiger partial charge is 0.198 e. The van der Waals surface area contributed by atoms with Crippen LogP contribution in [-0.2, 0) is 7.05 Å². The number of carbonyl (C=O) groups excluding carboxylic acids is 1. The molecular weight excluding hydrogens is 140 g/mol. The SMILES string of the molecule is CCCC(=O)c1nccn1C. The van der Waals surface area contributed by atoms with Crippen molar-refractivity contribution in [3.63, 3.8) is 0 Å². The molecular formula is C8H12N2O. The topological polar surface area (TPSA) is 34.9 Å². The van der Waals surface area contributed by atoms with Gasteiger partial charge in [-0.05, 0) is 6.42 Å². The van der Waals surface area contributed by atoms with Crippen LogP contribution in [0.5, 0.6) is 0 Å². The molecule has 0 fully saturated rings. The molecule has 0 N–H and O–H groups in total. The number of aryl methyl sites for hydroxylation is 1. The summed E-state index contributed by atoms with van der Waals surface area (Å²) in [7, 11) is 1.83. The number of imidazole rings is 1. The van der Waals surface area contributed by atoms with Crippen LogP contribution in [0.4, 0.5) is 0 Å². The molecule has 0 amide bonds. The van der Waals surface area contributed by atoms with Crippen LogP contribution in [0.15, 0.2) is 12.4 Å². The summed E-state index contributed by atoms with van der Waals surface area (Å²) in [5.74, 6) is 0.687. The summed E-state index contributed by atoms with van der Waals surface area (Å²) in [4.78, 5) is 15.2. The third-order valence-electron chi connectivity index (χ3n) is 1.55. The molecule has 1 heterocycles. The molecule has 3 nitrogen and oxygen atoms in total. The third-order valence-corrected chi connectivity index (χ3v) is 1.55. The molecule has 1 rings (SSSR count). The van der Waals surface area contributed by atoms with Gasteiger partial charge in [0.1, 0.15) is 0 Å². The van der Waals surface area contributed by atoms with Crippen LogP contribution in [0.2, 0.25) is 0 Å². The summed E-state index contributed by atoms with van der Waals surface area (Å²) in [6, 6.07) is 0. The fraction of sp³-hybridized carbons (Fsp3) is 0.500. The van der Waals surface area contributed by atoms with Crippen molar-refractivity contribution in [1.29, 1.82) is 0 Å². The summed E-state index contributed by atoms with van der Waals surface area (Å²) in [5, 5.41) is 0. The maximum atomic E-state index is 11.2. The minimum absolute atomic E-state index is 0.125. The van der Waals surface area contributed by atoms with E-state index in [2.05, 4.69) is 4.98 Å². The zero-order valence-corrected chi connectivity index (χ0v) is 6.87. The quantitative estimate of drug-likeness (QED) is 0.614. The molecule has 0 aliphatic rings. The summed E-state index contributed by atoms with van der Waals surface area (Å²) in [6.45, 7) is 1.99. The van der Waals surface area contributed by atoms with Crippen molar-refractivity contribution in [2.24, 2.45) is 7.05 Å². The highest BCUT2D eigenvalue weighted by Gasteiger charge is 2.08. The third kappa shape index (κ3) is 1.67. The van der Waals surface area contributed by atoms with Gasteiger partial charge >= 0.3 is 0 Å². The van der Waals surface area contributed by atoms with E-state index < -0.39 is 0 Å². The van der Waals surface area contributed by atoms with E-state index in [1.807, 2.05) is 14.0 Å². The maximum absolute atomic E-state index is 11.2. The van der Waals surface area contributed by atoms with Crippen molar-refractivity contribution in [3.8, 4) is 0 Å². The largest absolute Gasteiger partial charge is 0.332 e. The number of aromatic nitrogens is 2. The molecule has 0 bridgehead atoms. The fourth-order valence-electron chi connectivity index (χ4n) is 0.973. The Balaban J connectivity index is 2.76. The Morgan fingerprint density at radius 3 is 2.91 bits per heavy atom. The number of hydrogen-bond acceptors (Lipinski definition) is 2. The van der Waals surface area contributed by atoms with Gasteiger partial charge in [0.15, 0.2) is 11.6 Å². The molecule has 0 radical (unpaired) electrons. The Morgan fingerprint density at radius 2 is 2.45 bits per heavy atom. The standard InChI is InChI=1S/C8H12N2O/c1-3-4-7(11)8-9-5-6-10(8)2/h5-6H,3-4H2,1-2H3. The lowest BCUT2D eigenvalue weighted by molar-refractivity contribution is 0.0969. The zero-order valence-electron chi connectivity index (χ0n) is 6.87. The van der Waals surface area contributed by atoms with Crippen LogP contribution in [0.1, 0.15) is 30.4 Å². The minimum Gasteiger partial charge on any atom is -0.332 e. The van der Waals surface area contributed by atoms with Crippen molar-refractivity contribution in [3.05, 3.63) is 18.2 Å². The van der Waals surface area contributed by atoms with Crippen LogP contribution in [0, 0.1) is 0 Å². The Bertz CT molecular complexity index is 252. The number of rotatable bonds is 3. The average molecular weight is 152 g/mol. The second kappa shape index (κ2) is 3.32. The molecule has 0 atom stereocenters. The monoisotopic (exact) mass is 152 g/mol. The lowest BCUT2D eigenvalue weighted by Gasteiger charge is -1.97. The fourth-order valence-corrected chi connectivity index (χ4v) is 0.973. The predicted molar refractivity (Wildman–Crippen MR) is 42.4 cm³/mol. The van der Waals surface area contributed by atoms with E-state index in [-0.39, 0.29) is 5.78 Å². The second-order valence-electron chi connectivity index (χ2n) is 2.53. The van der Waals surface area contributed by atoms with Gasteiger partial charge in [-0.1, -0.05) is 6.92 Å². The molecule has 0 spiro atoms. The first-order valence-corrected chi connectivity index (χ1v) is 3.76. The normalized spacial score (nSPS) is 10.0. The molecule has 0 aliphatic heterocycles. The van der Waals surface area contributed by atoms with Gasteiger partial charge in [-0.15, -0.1) is 0 Å². The molecule has 0 aliphatic carbocycles. The van der Waals surface area contributed by atoms with Crippen LogP contribution in [0.3, 0.4) is 0 Å². The van der Waals surface area contributed by atoms with Gasteiger partial charge in [0.2, 0.25) is 0 Å². The average Bonchev–Trinajstić information content (AvgIpc) is 2.36. The zero-order chi connectivity index (χ0) is 8.27. The van der Waals surface area contributed by atoms with Crippen molar-refractivity contribution >= 4 is 5.78 Å². The maximum Gasteiger partial charge on any atom is 0.198 e. The number of nitrogens with zero attached hydrogens (tertiary/aromatic N) is 2. The minimum atomic E-state index is 0.125. The lowest BCUT2D eigenvalue weighted by Crippen LogP contribution is -2.06. The van der Waals surface area contributed by atoms with Gasteiger partial charge in [0.25, 0.3) is 0 Å². The Kier molecular flexibility index (Phi) is 2.41. The summed E-state index contributed by atoms with van der Waals surface area (Å²) in [6.07, 6.45) is 4.89. The van der Waals surface area contributed by atoms with E-state index in [9.17, 15) is 4.79 Å². The van der Waals surface area contributed by atoms with Crippen LogP contribution in [-0.4, -0.2) is 15.3 Å². The van der Waals surface area contributed by atoms with Gasteiger partial charge < -0.3 is 4.57 Å². The highest BCUT2D eigenvalue weighted by Crippen LogP contribution is 2.00. The second-order valence-corrected chi connectivity index (χ2v) is 2.53. The number of carbonyl (C=O) groups is 1. The molecule has 1 aromatic rings. The van der Waals surface area contributed by atoms with Crippen LogP contribution < -0.4 is 0 Å². The molecule has 3 heteroatoms. The molecule has 11 heavy (non-hydrogen) atoms.